The van der Waals surface area contributed by atoms with Crippen molar-refractivity contribution in [1.82, 2.24) is 5.48 Å². The summed E-state index contributed by atoms with van der Waals surface area (Å²) in [5.41, 5.74) is 4.51. The molecule has 1 unspecified atom stereocenters. The topological polar surface area (TPSA) is 38.3 Å². The van der Waals surface area contributed by atoms with Gasteiger partial charge in [0.1, 0.15) is 0 Å². The van der Waals surface area contributed by atoms with E-state index in [4.69, 9.17) is 16.4 Å². The zero-order chi connectivity index (χ0) is 14.4. The van der Waals surface area contributed by atoms with Crippen LogP contribution in [0.3, 0.4) is 0 Å². The fourth-order valence-corrected chi connectivity index (χ4v) is 2.12. The second kappa shape index (κ2) is 7.20. The van der Waals surface area contributed by atoms with E-state index < -0.39 is 0 Å². The molecule has 0 bridgehead atoms. The highest BCUT2D eigenvalue weighted by atomic mass is 35.5. The molecule has 0 saturated heterocycles. The summed E-state index contributed by atoms with van der Waals surface area (Å²) in [7, 11) is 1.54. The van der Waals surface area contributed by atoms with E-state index in [-0.39, 0.29) is 11.8 Å². The minimum Gasteiger partial charge on any atom is -0.305 e. The average molecular weight is 290 g/mol. The van der Waals surface area contributed by atoms with Crippen molar-refractivity contribution >= 4 is 17.4 Å². The highest BCUT2D eigenvalue weighted by Gasteiger charge is 2.16. The highest BCUT2D eigenvalue weighted by molar-refractivity contribution is 6.30. The quantitative estimate of drug-likeness (QED) is 0.649. The fraction of sp³-hybridized carbons (Fsp3) is 0.188. The molecule has 104 valence electrons. The fourth-order valence-electron chi connectivity index (χ4n) is 1.99. The molecule has 2 aromatic carbocycles. The first-order valence-electron chi connectivity index (χ1n) is 6.33. The molecular formula is C16H16ClNO2. The second-order valence-electron chi connectivity index (χ2n) is 4.42. The summed E-state index contributed by atoms with van der Waals surface area (Å²) in [6, 6.07) is 16.4. The molecule has 4 heteroatoms. The number of Topliss-reactive ketones (excluding diaryl/α,β-unsaturated/α-hetero) is 1. The smallest absolute Gasteiger partial charge is 0.164 e. The van der Waals surface area contributed by atoms with E-state index in [1.165, 1.54) is 7.11 Å². The van der Waals surface area contributed by atoms with Gasteiger partial charge in [-0.3, -0.25) is 4.79 Å². The van der Waals surface area contributed by atoms with Crippen molar-refractivity contribution in [2.24, 2.45) is 0 Å². The third kappa shape index (κ3) is 3.90. The van der Waals surface area contributed by atoms with Crippen LogP contribution in [-0.4, -0.2) is 12.9 Å². The Labute approximate surface area is 123 Å². The molecule has 0 aromatic heterocycles. The summed E-state index contributed by atoms with van der Waals surface area (Å²) in [5, 5.41) is 0.666. The monoisotopic (exact) mass is 289 g/mol. The third-order valence-corrected chi connectivity index (χ3v) is 3.27. The Balaban J connectivity index is 2.13. The van der Waals surface area contributed by atoms with Gasteiger partial charge in [-0.1, -0.05) is 54.1 Å². The lowest BCUT2D eigenvalue weighted by Crippen LogP contribution is -2.23. The largest absolute Gasteiger partial charge is 0.305 e. The molecule has 0 spiro atoms. The average Bonchev–Trinajstić information content (AvgIpc) is 2.48. The number of nitrogens with one attached hydrogen (secondary N) is 1. The third-order valence-electron chi connectivity index (χ3n) is 3.02. The number of hydrogen-bond acceptors (Lipinski definition) is 3. The Hall–Kier alpha value is -1.68. The number of halogens is 1. The van der Waals surface area contributed by atoms with Crippen LogP contribution in [0.5, 0.6) is 0 Å². The van der Waals surface area contributed by atoms with Gasteiger partial charge in [-0.25, -0.2) is 0 Å². The van der Waals surface area contributed by atoms with Crippen LogP contribution in [0.25, 0.3) is 0 Å². The summed E-state index contributed by atoms with van der Waals surface area (Å²) in [6.07, 6.45) is 0.319. The van der Waals surface area contributed by atoms with Crippen LogP contribution in [0.1, 0.15) is 28.4 Å². The lowest BCUT2D eigenvalue weighted by atomic mass is 9.98. The van der Waals surface area contributed by atoms with Gasteiger partial charge in [-0.15, -0.1) is 0 Å². The minimum absolute atomic E-state index is 0.0649. The van der Waals surface area contributed by atoms with E-state index in [9.17, 15) is 4.79 Å². The molecule has 1 N–H and O–H groups in total. The van der Waals surface area contributed by atoms with Crippen molar-refractivity contribution in [1.29, 1.82) is 0 Å². The number of ketones is 1. The van der Waals surface area contributed by atoms with Gasteiger partial charge in [0.2, 0.25) is 0 Å². The van der Waals surface area contributed by atoms with E-state index in [0.717, 1.165) is 5.56 Å². The molecule has 0 aliphatic heterocycles. The van der Waals surface area contributed by atoms with Crippen molar-refractivity contribution in [2.45, 2.75) is 12.5 Å². The van der Waals surface area contributed by atoms with Gasteiger partial charge in [0.25, 0.3) is 0 Å². The van der Waals surface area contributed by atoms with Crippen LogP contribution in [-0.2, 0) is 4.84 Å². The van der Waals surface area contributed by atoms with Crippen molar-refractivity contribution in [3.63, 3.8) is 0 Å². The molecule has 0 radical (unpaired) electrons. The standard InChI is InChI=1S/C16H16ClNO2/c1-20-18-15(12-7-9-14(17)10-8-12)11-16(19)13-5-3-2-4-6-13/h2-10,15,18H,11H2,1H3. The zero-order valence-electron chi connectivity index (χ0n) is 11.2. The first-order chi connectivity index (χ1) is 9.70. The van der Waals surface area contributed by atoms with Gasteiger partial charge in [0.05, 0.1) is 13.2 Å². The molecule has 0 amide bonds. The van der Waals surface area contributed by atoms with Gasteiger partial charge in [-0.2, -0.15) is 5.48 Å². The van der Waals surface area contributed by atoms with E-state index in [2.05, 4.69) is 5.48 Å². The number of rotatable bonds is 6. The number of carbonyl (C=O) groups is 1. The normalized spacial score (nSPS) is 12.1. The second-order valence-corrected chi connectivity index (χ2v) is 4.86. The van der Waals surface area contributed by atoms with Gasteiger partial charge in [0, 0.05) is 17.0 Å². The molecule has 2 aromatic rings. The Bertz CT molecular complexity index is 554. The molecule has 2 rings (SSSR count). The molecule has 0 fully saturated rings. The molecule has 3 nitrogen and oxygen atoms in total. The maximum atomic E-state index is 12.2. The summed E-state index contributed by atoms with van der Waals surface area (Å²) in [4.78, 5) is 17.2. The summed E-state index contributed by atoms with van der Waals surface area (Å²) in [6.45, 7) is 0. The molecule has 20 heavy (non-hydrogen) atoms. The molecule has 0 aliphatic rings. The van der Waals surface area contributed by atoms with Crippen LogP contribution in [0.15, 0.2) is 54.6 Å². The van der Waals surface area contributed by atoms with Crippen molar-refractivity contribution in [2.75, 3.05) is 7.11 Å². The van der Waals surface area contributed by atoms with Crippen LogP contribution >= 0.6 is 11.6 Å². The first-order valence-corrected chi connectivity index (χ1v) is 6.70. The molecular weight excluding hydrogens is 274 g/mol. The molecule has 0 saturated carbocycles. The Morgan fingerprint density at radius 2 is 1.80 bits per heavy atom. The molecule has 0 aliphatic carbocycles. The van der Waals surface area contributed by atoms with Crippen molar-refractivity contribution < 1.29 is 9.63 Å². The number of hydrogen-bond donors (Lipinski definition) is 1. The summed E-state index contributed by atoms with van der Waals surface area (Å²) in [5.74, 6) is 0.0649. The lowest BCUT2D eigenvalue weighted by molar-refractivity contribution is 0.0545. The van der Waals surface area contributed by atoms with Crippen LogP contribution < -0.4 is 5.48 Å². The predicted molar refractivity (Wildman–Crippen MR) is 79.7 cm³/mol. The number of benzene rings is 2. The maximum Gasteiger partial charge on any atom is 0.164 e. The van der Waals surface area contributed by atoms with Gasteiger partial charge >= 0.3 is 0 Å². The van der Waals surface area contributed by atoms with Gasteiger partial charge in [0.15, 0.2) is 5.78 Å². The van der Waals surface area contributed by atoms with E-state index >= 15 is 0 Å². The molecule has 1 atom stereocenters. The minimum atomic E-state index is -0.204. The maximum absolute atomic E-state index is 12.2. The lowest BCUT2D eigenvalue weighted by Gasteiger charge is -2.17. The Morgan fingerprint density at radius 1 is 1.15 bits per heavy atom. The summed E-state index contributed by atoms with van der Waals surface area (Å²) < 4.78 is 0. The van der Waals surface area contributed by atoms with Gasteiger partial charge < -0.3 is 4.84 Å². The van der Waals surface area contributed by atoms with E-state index in [0.29, 0.717) is 17.0 Å². The van der Waals surface area contributed by atoms with Crippen LogP contribution in [0.2, 0.25) is 5.02 Å². The first kappa shape index (κ1) is 14.7. The van der Waals surface area contributed by atoms with Crippen LogP contribution in [0.4, 0.5) is 0 Å². The Kier molecular flexibility index (Phi) is 5.30. The van der Waals surface area contributed by atoms with Crippen LogP contribution in [0, 0.1) is 0 Å². The predicted octanol–water partition coefficient (Wildman–Crippen LogP) is 3.81. The number of hydroxylamine groups is 1. The SMILES string of the molecule is CONC(CC(=O)c1ccccc1)c1ccc(Cl)cc1. The van der Waals surface area contributed by atoms with E-state index in [1.807, 2.05) is 42.5 Å². The van der Waals surface area contributed by atoms with E-state index in [1.54, 1.807) is 12.1 Å². The van der Waals surface area contributed by atoms with Gasteiger partial charge in [-0.05, 0) is 17.7 Å². The highest BCUT2D eigenvalue weighted by Crippen LogP contribution is 2.21. The number of carbonyl (C=O) groups excluding carboxylic acids is 1. The Morgan fingerprint density at radius 3 is 2.40 bits per heavy atom. The zero-order valence-corrected chi connectivity index (χ0v) is 11.9. The van der Waals surface area contributed by atoms with Crippen molar-refractivity contribution in [3.05, 3.63) is 70.7 Å². The van der Waals surface area contributed by atoms with Crippen molar-refractivity contribution in [3.8, 4) is 0 Å². The summed E-state index contributed by atoms with van der Waals surface area (Å²) >= 11 is 5.88. The molecule has 0 heterocycles.